The second kappa shape index (κ2) is 15.4. The molecule has 0 radical (unpaired) electrons. The Hall–Kier alpha value is -7.28. The van der Waals surface area contributed by atoms with E-state index in [1.807, 2.05) is 0 Å². The zero-order valence-corrected chi connectivity index (χ0v) is 44.8. The molecule has 0 saturated carbocycles. The molecule has 0 heterocycles. The molecule has 0 amide bonds. The predicted molar refractivity (Wildman–Crippen MR) is 313 cm³/mol. The van der Waals surface area contributed by atoms with Gasteiger partial charge in [-0.15, -0.1) is 0 Å². The number of fused-ring (bicyclic) bond motifs is 11. The maximum absolute atomic E-state index is 2.48. The molecule has 73 heavy (non-hydrogen) atoms. The second-order valence-corrected chi connectivity index (χ2v) is 25.5. The summed E-state index contributed by atoms with van der Waals surface area (Å²) < 4.78 is 0. The van der Waals surface area contributed by atoms with Gasteiger partial charge in [-0.05, 0) is 203 Å². The number of benzene rings is 10. The van der Waals surface area contributed by atoms with Crippen LogP contribution in [-0.2, 0) is 27.1 Å². The van der Waals surface area contributed by atoms with Crippen molar-refractivity contribution >= 4 is 21.5 Å². The van der Waals surface area contributed by atoms with Crippen molar-refractivity contribution in [2.24, 2.45) is 0 Å². The van der Waals surface area contributed by atoms with E-state index in [9.17, 15) is 0 Å². The highest BCUT2D eigenvalue weighted by molar-refractivity contribution is 5.93. The van der Waals surface area contributed by atoms with Crippen molar-refractivity contribution in [2.45, 2.75) is 110 Å². The van der Waals surface area contributed by atoms with Crippen LogP contribution in [-0.4, -0.2) is 0 Å². The molecule has 0 spiro atoms. The third-order valence-electron chi connectivity index (χ3n) is 17.8. The molecular formula is C73H66. The van der Waals surface area contributed by atoms with Crippen molar-refractivity contribution in [3.05, 3.63) is 226 Å². The molecular weight excluding hydrogens is 877 g/mol. The van der Waals surface area contributed by atoms with Gasteiger partial charge in [0, 0.05) is 16.2 Å². The predicted octanol–water partition coefficient (Wildman–Crippen LogP) is 20.2. The first kappa shape index (κ1) is 45.6. The summed E-state index contributed by atoms with van der Waals surface area (Å²) >= 11 is 0. The summed E-state index contributed by atoms with van der Waals surface area (Å²) in [6, 6.07) is 70.9. The molecule has 3 aliphatic carbocycles. The van der Waals surface area contributed by atoms with Crippen molar-refractivity contribution in [3.8, 4) is 77.9 Å². The summed E-state index contributed by atoms with van der Waals surface area (Å²) in [6.45, 7) is 28.2. The summed E-state index contributed by atoms with van der Waals surface area (Å²) in [5.74, 6) is 0. The molecule has 0 unspecified atom stereocenters. The van der Waals surface area contributed by atoms with Gasteiger partial charge in [0.05, 0.1) is 0 Å². The van der Waals surface area contributed by atoms with Crippen LogP contribution in [0.5, 0.6) is 0 Å². The van der Waals surface area contributed by atoms with Crippen molar-refractivity contribution in [1.29, 1.82) is 0 Å². The minimum absolute atomic E-state index is 0.128. The molecule has 10 aromatic rings. The fourth-order valence-corrected chi connectivity index (χ4v) is 13.1. The standard InChI is InChI=1S/C73H66/c1-69(2,3)55-25-17-45-33-43(13-15-47(45)35-55)49-19-27-57-59-29-21-51(39-65(59)71(7,8)63(57)37-49)53-23-31-61-62-32-24-54(42-68(62)73(11,12)67(61)41-53)52-22-30-60-58-28-20-50(38-64(58)72(9,10)66(60)40-52)44-14-16-48-36-56(70(4,5)6)26-18-46(48)34-44/h13-42H,1-12H3. The quantitative estimate of drug-likeness (QED) is 0.165. The van der Waals surface area contributed by atoms with Crippen LogP contribution in [0.1, 0.15) is 128 Å². The van der Waals surface area contributed by atoms with Gasteiger partial charge < -0.3 is 0 Å². The third kappa shape index (κ3) is 7.00. The van der Waals surface area contributed by atoms with Crippen molar-refractivity contribution < 1.29 is 0 Å². The van der Waals surface area contributed by atoms with Gasteiger partial charge in [-0.25, -0.2) is 0 Å². The number of rotatable bonds is 4. The van der Waals surface area contributed by atoms with Crippen LogP contribution >= 0.6 is 0 Å². The normalized spacial score (nSPS) is 15.5. The van der Waals surface area contributed by atoms with Gasteiger partial charge in [0.1, 0.15) is 0 Å². The summed E-state index contributed by atoms with van der Waals surface area (Å²) in [5.41, 5.74) is 29.3. The summed E-state index contributed by atoms with van der Waals surface area (Å²) in [6.07, 6.45) is 0. The molecule has 0 bridgehead atoms. The number of hydrogen-bond acceptors (Lipinski definition) is 0. The topological polar surface area (TPSA) is 0 Å². The molecule has 0 heteroatoms. The Morgan fingerprint density at radius 1 is 0.219 bits per heavy atom. The molecule has 13 rings (SSSR count). The van der Waals surface area contributed by atoms with Crippen molar-refractivity contribution in [1.82, 2.24) is 0 Å². The SMILES string of the molecule is CC(C)(C)c1ccc2cc(-c3ccc4c(c3)C(C)(C)c3cc(-c5ccc6c(c5)C(C)(C)c5cc(-c7ccc8c(c7)C(C)(C)c7cc(-c9ccc%10cc(C(C)(C)C)ccc%10c9)ccc7-8)ccc5-6)ccc3-4)ccc2c1. The molecule has 0 N–H and O–H groups in total. The molecule has 0 fully saturated rings. The van der Waals surface area contributed by atoms with Crippen LogP contribution in [0.15, 0.2) is 182 Å². The molecule has 0 saturated heterocycles. The highest BCUT2D eigenvalue weighted by atomic mass is 14.4. The number of hydrogen-bond donors (Lipinski definition) is 0. The van der Waals surface area contributed by atoms with Gasteiger partial charge in [-0.1, -0.05) is 217 Å². The first-order chi connectivity index (χ1) is 34.6. The Morgan fingerprint density at radius 3 is 0.644 bits per heavy atom. The minimum Gasteiger partial charge on any atom is -0.0579 e. The molecule has 0 aliphatic heterocycles. The average Bonchev–Trinajstić information content (AvgIpc) is 3.85. The van der Waals surface area contributed by atoms with Crippen molar-refractivity contribution in [3.63, 3.8) is 0 Å². The lowest BCUT2D eigenvalue weighted by atomic mass is 9.79. The average molecular weight is 943 g/mol. The Morgan fingerprint density at radius 2 is 0.411 bits per heavy atom. The maximum atomic E-state index is 2.48. The lowest BCUT2D eigenvalue weighted by molar-refractivity contribution is 0.591. The zero-order valence-electron chi connectivity index (χ0n) is 44.8. The molecule has 0 nitrogen and oxygen atoms in total. The van der Waals surface area contributed by atoms with E-state index in [4.69, 9.17) is 0 Å². The Kier molecular flexibility index (Phi) is 9.60. The van der Waals surface area contributed by atoms with Crippen LogP contribution in [0.3, 0.4) is 0 Å². The first-order valence-corrected chi connectivity index (χ1v) is 26.6. The van der Waals surface area contributed by atoms with Gasteiger partial charge >= 0.3 is 0 Å². The van der Waals surface area contributed by atoms with E-state index in [-0.39, 0.29) is 27.1 Å². The summed E-state index contributed by atoms with van der Waals surface area (Å²) in [4.78, 5) is 0. The maximum Gasteiger partial charge on any atom is 0.0159 e. The first-order valence-electron chi connectivity index (χ1n) is 26.6. The van der Waals surface area contributed by atoms with Gasteiger partial charge in [0.25, 0.3) is 0 Å². The van der Waals surface area contributed by atoms with Gasteiger partial charge in [-0.3, -0.25) is 0 Å². The molecule has 0 atom stereocenters. The minimum atomic E-state index is -0.156. The van der Waals surface area contributed by atoms with Gasteiger partial charge in [0.2, 0.25) is 0 Å². The van der Waals surface area contributed by atoms with Crippen LogP contribution in [0.2, 0.25) is 0 Å². The summed E-state index contributed by atoms with van der Waals surface area (Å²) in [7, 11) is 0. The lowest BCUT2D eigenvalue weighted by Crippen LogP contribution is -2.16. The monoisotopic (exact) mass is 943 g/mol. The Balaban J connectivity index is 0.772. The molecule has 3 aliphatic rings. The van der Waals surface area contributed by atoms with E-state index in [0.29, 0.717) is 0 Å². The summed E-state index contributed by atoms with van der Waals surface area (Å²) in [5, 5.41) is 5.18. The van der Waals surface area contributed by atoms with Gasteiger partial charge in [-0.2, -0.15) is 0 Å². The zero-order chi connectivity index (χ0) is 50.7. The highest BCUT2D eigenvalue weighted by Crippen LogP contribution is 2.55. The fourth-order valence-electron chi connectivity index (χ4n) is 13.1. The van der Waals surface area contributed by atoms with Crippen LogP contribution < -0.4 is 0 Å². The highest BCUT2D eigenvalue weighted by Gasteiger charge is 2.39. The van der Waals surface area contributed by atoms with Crippen LogP contribution in [0, 0.1) is 0 Å². The molecule has 0 aromatic heterocycles. The van der Waals surface area contributed by atoms with Gasteiger partial charge in [0.15, 0.2) is 0 Å². The second-order valence-electron chi connectivity index (χ2n) is 25.5. The smallest absolute Gasteiger partial charge is 0.0159 e. The van der Waals surface area contributed by atoms with Crippen LogP contribution in [0.25, 0.3) is 99.4 Å². The Bertz CT molecular complexity index is 3740. The lowest BCUT2D eigenvalue weighted by Gasteiger charge is -2.24. The molecule has 10 aromatic carbocycles. The third-order valence-corrected chi connectivity index (χ3v) is 17.8. The van der Waals surface area contributed by atoms with E-state index in [1.54, 1.807) is 0 Å². The largest absolute Gasteiger partial charge is 0.0579 e. The molecule has 358 valence electrons. The van der Waals surface area contributed by atoms with E-state index in [1.165, 1.54) is 144 Å². The van der Waals surface area contributed by atoms with E-state index in [2.05, 4.69) is 265 Å². The Labute approximate surface area is 433 Å². The fraction of sp³-hybridized carbons (Fsp3) is 0.233. The van der Waals surface area contributed by atoms with E-state index in [0.717, 1.165) is 0 Å². The van der Waals surface area contributed by atoms with Crippen LogP contribution in [0.4, 0.5) is 0 Å². The van der Waals surface area contributed by atoms with E-state index < -0.39 is 0 Å². The van der Waals surface area contributed by atoms with E-state index >= 15 is 0 Å². The van der Waals surface area contributed by atoms with Crippen molar-refractivity contribution in [2.75, 3.05) is 0 Å².